The van der Waals surface area contributed by atoms with Gasteiger partial charge < -0.3 is 20.1 Å². The van der Waals surface area contributed by atoms with E-state index in [9.17, 15) is 4.79 Å². The number of Topliss-reactive ketones (excluding diaryl/α,β-unsaturated/α-hetero) is 1. The van der Waals surface area contributed by atoms with Gasteiger partial charge in [-0.15, -0.1) is 0 Å². The molecule has 8 heteroatoms. The van der Waals surface area contributed by atoms with Crippen molar-refractivity contribution in [2.75, 3.05) is 38.7 Å². The van der Waals surface area contributed by atoms with E-state index in [1.54, 1.807) is 20.2 Å². The molecule has 0 radical (unpaired) electrons. The highest BCUT2D eigenvalue weighted by atomic mass is 16.5. The van der Waals surface area contributed by atoms with E-state index >= 15 is 0 Å². The van der Waals surface area contributed by atoms with Crippen LogP contribution in [0.1, 0.15) is 90.1 Å². The average Bonchev–Trinajstić information content (AvgIpc) is 3.48. The molecule has 2 heterocycles. The van der Waals surface area contributed by atoms with Gasteiger partial charge >= 0.3 is 0 Å². The van der Waals surface area contributed by atoms with Crippen molar-refractivity contribution in [3.63, 3.8) is 0 Å². The van der Waals surface area contributed by atoms with Gasteiger partial charge in [0, 0.05) is 42.4 Å². The van der Waals surface area contributed by atoms with E-state index in [-0.39, 0.29) is 5.78 Å². The fourth-order valence-corrected chi connectivity index (χ4v) is 4.13. The molecule has 0 spiro atoms. The summed E-state index contributed by atoms with van der Waals surface area (Å²) in [7, 11) is 1.65. The predicted octanol–water partition coefficient (Wildman–Crippen LogP) is 8.90. The Balaban J connectivity index is 0.000000503. The minimum Gasteiger partial charge on any atom is -0.497 e. The second-order valence-electron chi connectivity index (χ2n) is 9.91. The van der Waals surface area contributed by atoms with Crippen molar-refractivity contribution in [2.45, 2.75) is 81.1 Å². The SMILES string of the molecule is CC.CCCNCCC.CCCOCCC.COc1ccc(-c2cnc3c(Nc4ccc(C(C)=O)c(C)c4)nccn23)cc1. The molecule has 2 aromatic heterocycles. The Morgan fingerprint density at radius 3 is 2.05 bits per heavy atom. The minimum absolute atomic E-state index is 0.0571. The van der Waals surface area contributed by atoms with E-state index in [4.69, 9.17) is 9.47 Å². The number of hydrogen-bond donors (Lipinski definition) is 2. The number of benzene rings is 2. The van der Waals surface area contributed by atoms with Crippen molar-refractivity contribution in [3.05, 3.63) is 72.2 Å². The lowest BCUT2D eigenvalue weighted by molar-refractivity contribution is 0.101. The number of nitrogens with one attached hydrogen (secondary N) is 2. The number of carbonyl (C=O) groups excluding carboxylic acids is 1. The molecule has 0 atom stereocenters. The summed E-state index contributed by atoms with van der Waals surface area (Å²) in [6.45, 7) is 20.3. The number of anilines is 2. The van der Waals surface area contributed by atoms with Crippen LogP contribution in [0, 0.1) is 6.92 Å². The molecule has 242 valence electrons. The van der Waals surface area contributed by atoms with Gasteiger partial charge in [-0.1, -0.05) is 41.5 Å². The van der Waals surface area contributed by atoms with E-state index < -0.39 is 0 Å². The first-order valence-corrected chi connectivity index (χ1v) is 16.0. The number of aromatic nitrogens is 3. The zero-order valence-electron chi connectivity index (χ0n) is 28.5. The molecule has 2 aromatic carbocycles. The average molecular weight is 606 g/mol. The van der Waals surface area contributed by atoms with Gasteiger partial charge in [-0.2, -0.15) is 0 Å². The third-order valence-corrected chi connectivity index (χ3v) is 6.23. The van der Waals surface area contributed by atoms with Gasteiger partial charge in [0.05, 0.1) is 19.0 Å². The van der Waals surface area contributed by atoms with Gasteiger partial charge in [0.15, 0.2) is 17.2 Å². The van der Waals surface area contributed by atoms with E-state index in [0.717, 1.165) is 65.5 Å². The van der Waals surface area contributed by atoms with Crippen molar-refractivity contribution >= 4 is 22.9 Å². The number of methoxy groups -OCH3 is 1. The van der Waals surface area contributed by atoms with Crippen LogP contribution in [0.15, 0.2) is 61.1 Å². The highest BCUT2D eigenvalue weighted by molar-refractivity contribution is 5.96. The van der Waals surface area contributed by atoms with E-state index in [2.05, 4.69) is 48.3 Å². The number of ketones is 1. The standard InChI is InChI=1S/C22H20N4O2.C6H15N.C6H14O.C2H6/c1-14-12-17(6-9-19(14)15(2)27)25-21-22-24-13-20(26(22)11-10-23-21)16-4-7-18(28-3)8-5-16;2*1-3-5-7-6-4-2;1-2/h4-13H,1-3H3,(H,23,25);7H,3-6H2,1-2H3;3-6H2,1-2H3;1-2H3. The van der Waals surface area contributed by atoms with Crippen LogP contribution < -0.4 is 15.4 Å². The second-order valence-corrected chi connectivity index (χ2v) is 9.91. The summed E-state index contributed by atoms with van der Waals surface area (Å²) >= 11 is 0. The molecular weight excluding hydrogens is 550 g/mol. The zero-order chi connectivity index (χ0) is 32.7. The Morgan fingerprint density at radius 2 is 1.52 bits per heavy atom. The molecule has 8 nitrogen and oxygen atoms in total. The van der Waals surface area contributed by atoms with Crippen molar-refractivity contribution < 1.29 is 14.3 Å². The summed E-state index contributed by atoms with van der Waals surface area (Å²) in [5.41, 5.74) is 5.23. The van der Waals surface area contributed by atoms with Crippen LogP contribution in [0.5, 0.6) is 5.75 Å². The van der Waals surface area contributed by atoms with Crippen LogP contribution >= 0.6 is 0 Å². The van der Waals surface area contributed by atoms with E-state index in [1.807, 2.05) is 80.0 Å². The maximum atomic E-state index is 11.6. The smallest absolute Gasteiger partial charge is 0.180 e. The number of ether oxygens (including phenoxy) is 2. The normalized spacial score (nSPS) is 10.0. The van der Waals surface area contributed by atoms with Crippen molar-refractivity contribution in [1.82, 2.24) is 19.7 Å². The minimum atomic E-state index is 0.0571. The topological polar surface area (TPSA) is 89.8 Å². The summed E-state index contributed by atoms with van der Waals surface area (Å²) in [5, 5.41) is 6.60. The third-order valence-electron chi connectivity index (χ3n) is 6.23. The first-order chi connectivity index (χ1) is 21.4. The maximum Gasteiger partial charge on any atom is 0.180 e. The number of fused-ring (bicyclic) bond motifs is 1. The predicted molar refractivity (Wildman–Crippen MR) is 186 cm³/mol. The van der Waals surface area contributed by atoms with Crippen LogP contribution in [-0.2, 0) is 4.74 Å². The van der Waals surface area contributed by atoms with Gasteiger partial charge in [-0.3, -0.25) is 9.20 Å². The third kappa shape index (κ3) is 12.9. The van der Waals surface area contributed by atoms with Crippen LogP contribution in [0.3, 0.4) is 0 Å². The lowest BCUT2D eigenvalue weighted by atomic mass is 10.1. The van der Waals surface area contributed by atoms with Gasteiger partial charge in [-0.25, -0.2) is 9.97 Å². The monoisotopic (exact) mass is 605 g/mol. The van der Waals surface area contributed by atoms with Crippen molar-refractivity contribution in [1.29, 1.82) is 0 Å². The molecular formula is C36H55N5O3. The fraction of sp³-hybridized carbons (Fsp3) is 0.472. The molecule has 4 rings (SSSR count). The summed E-state index contributed by atoms with van der Waals surface area (Å²) < 4.78 is 12.4. The highest BCUT2D eigenvalue weighted by Crippen LogP contribution is 2.27. The Labute approximate surface area is 265 Å². The van der Waals surface area contributed by atoms with Crippen molar-refractivity contribution in [3.8, 4) is 17.0 Å². The molecule has 0 aliphatic carbocycles. The summed E-state index contributed by atoms with van der Waals surface area (Å²) in [6, 6.07) is 13.5. The van der Waals surface area contributed by atoms with E-state index in [0.29, 0.717) is 5.82 Å². The lowest BCUT2D eigenvalue weighted by Crippen LogP contribution is -2.14. The lowest BCUT2D eigenvalue weighted by Gasteiger charge is -2.10. The molecule has 0 bridgehead atoms. The molecule has 0 fully saturated rings. The van der Waals surface area contributed by atoms with Gasteiger partial charge in [0.2, 0.25) is 0 Å². The fourth-order valence-electron chi connectivity index (χ4n) is 4.13. The Hall–Kier alpha value is -3.75. The van der Waals surface area contributed by atoms with E-state index in [1.165, 1.54) is 25.9 Å². The number of aryl methyl sites for hydroxylation is 1. The Bertz CT molecular complexity index is 1320. The van der Waals surface area contributed by atoms with Gasteiger partial charge in [0.25, 0.3) is 0 Å². The molecule has 0 aliphatic heterocycles. The van der Waals surface area contributed by atoms with Crippen LogP contribution in [-0.4, -0.2) is 53.6 Å². The number of imidazole rings is 1. The van der Waals surface area contributed by atoms with Gasteiger partial charge in [-0.05, 0) is 101 Å². The highest BCUT2D eigenvalue weighted by Gasteiger charge is 2.12. The molecule has 0 aliphatic rings. The zero-order valence-corrected chi connectivity index (χ0v) is 28.5. The molecule has 44 heavy (non-hydrogen) atoms. The molecule has 0 amide bonds. The number of hydrogen-bond acceptors (Lipinski definition) is 7. The first kappa shape index (κ1) is 38.3. The Morgan fingerprint density at radius 1 is 0.886 bits per heavy atom. The van der Waals surface area contributed by atoms with Crippen LogP contribution in [0.25, 0.3) is 16.9 Å². The maximum absolute atomic E-state index is 11.6. The molecule has 0 unspecified atom stereocenters. The second kappa shape index (κ2) is 22.7. The quantitative estimate of drug-likeness (QED) is 0.116. The number of nitrogens with zero attached hydrogens (tertiary/aromatic N) is 3. The number of rotatable bonds is 13. The summed E-state index contributed by atoms with van der Waals surface area (Å²) in [6.07, 6.45) is 10.2. The summed E-state index contributed by atoms with van der Waals surface area (Å²) in [4.78, 5) is 20.6. The first-order valence-electron chi connectivity index (χ1n) is 16.0. The van der Waals surface area contributed by atoms with Gasteiger partial charge in [0.1, 0.15) is 5.75 Å². The molecule has 0 saturated heterocycles. The number of carbonyl (C=O) groups is 1. The van der Waals surface area contributed by atoms with Crippen LogP contribution in [0.4, 0.5) is 11.5 Å². The largest absolute Gasteiger partial charge is 0.497 e. The Kier molecular flexibility index (Phi) is 19.8. The van der Waals surface area contributed by atoms with Crippen LogP contribution in [0.2, 0.25) is 0 Å². The van der Waals surface area contributed by atoms with Crippen molar-refractivity contribution in [2.24, 2.45) is 0 Å². The summed E-state index contributed by atoms with van der Waals surface area (Å²) in [5.74, 6) is 1.52. The molecule has 0 saturated carbocycles. The molecule has 4 aromatic rings. The molecule has 2 N–H and O–H groups in total.